The van der Waals surface area contributed by atoms with E-state index in [1.807, 2.05) is 6.20 Å². The molecule has 1 saturated carbocycles. The van der Waals surface area contributed by atoms with Crippen LogP contribution in [-0.4, -0.2) is 18.1 Å². The van der Waals surface area contributed by atoms with E-state index in [2.05, 4.69) is 31.0 Å². The lowest BCUT2D eigenvalue weighted by Crippen LogP contribution is -2.09. The second-order valence-corrected chi connectivity index (χ2v) is 5.73. The highest BCUT2D eigenvalue weighted by molar-refractivity contribution is 5.92. The van der Waals surface area contributed by atoms with Crippen LogP contribution < -0.4 is 0 Å². The Morgan fingerprint density at radius 2 is 2.22 bits per heavy atom. The number of fused-ring (bicyclic) bond motifs is 3. The second-order valence-electron chi connectivity index (χ2n) is 5.73. The van der Waals surface area contributed by atoms with Gasteiger partial charge in [0.05, 0.1) is 12.7 Å². The predicted octanol–water partition coefficient (Wildman–Crippen LogP) is 3.02. The average molecular weight is 243 g/mol. The smallest absolute Gasteiger partial charge is 0.339 e. The lowest BCUT2D eigenvalue weighted by Gasteiger charge is -2.12. The number of esters is 1. The number of hydrogen-bond acceptors (Lipinski definition) is 3. The van der Waals surface area contributed by atoms with Crippen molar-refractivity contribution in [2.45, 2.75) is 26.2 Å². The van der Waals surface area contributed by atoms with E-state index in [9.17, 15) is 4.79 Å². The zero-order valence-electron chi connectivity index (χ0n) is 10.9. The summed E-state index contributed by atoms with van der Waals surface area (Å²) in [6.07, 6.45) is 8.83. The van der Waals surface area contributed by atoms with E-state index in [4.69, 9.17) is 4.74 Å². The van der Waals surface area contributed by atoms with Crippen LogP contribution in [0.15, 0.2) is 18.5 Å². The molecule has 1 aromatic rings. The SMILES string of the molecule is COC(=O)c1cncc2c1[C@H]1[C@@H](CC=C2)C1(C)C. The summed E-state index contributed by atoms with van der Waals surface area (Å²) in [5.41, 5.74) is 3.09. The van der Waals surface area contributed by atoms with E-state index >= 15 is 0 Å². The van der Waals surface area contributed by atoms with Gasteiger partial charge in [0.2, 0.25) is 0 Å². The Balaban J connectivity index is 2.18. The molecule has 0 bridgehead atoms. The van der Waals surface area contributed by atoms with E-state index < -0.39 is 0 Å². The minimum atomic E-state index is -0.281. The first kappa shape index (κ1) is 11.5. The third-order valence-corrected chi connectivity index (χ3v) is 4.47. The normalized spacial score (nSPS) is 26.8. The van der Waals surface area contributed by atoms with Crippen molar-refractivity contribution < 1.29 is 9.53 Å². The van der Waals surface area contributed by atoms with Crippen LogP contribution in [0.3, 0.4) is 0 Å². The lowest BCUT2D eigenvalue weighted by molar-refractivity contribution is 0.0598. The van der Waals surface area contributed by atoms with E-state index in [0.717, 1.165) is 17.5 Å². The van der Waals surface area contributed by atoms with Crippen molar-refractivity contribution in [3.63, 3.8) is 0 Å². The topological polar surface area (TPSA) is 39.2 Å². The molecule has 0 unspecified atom stereocenters. The summed E-state index contributed by atoms with van der Waals surface area (Å²) in [7, 11) is 1.42. The van der Waals surface area contributed by atoms with Gasteiger partial charge in [-0.2, -0.15) is 0 Å². The lowest BCUT2D eigenvalue weighted by atomic mass is 9.95. The summed E-state index contributed by atoms with van der Waals surface area (Å²) in [5, 5.41) is 0. The standard InChI is InChI=1S/C15H17NO2/c1-15(2)11-6-4-5-9-7-16-8-10(14(17)18-3)12(9)13(11)15/h4-5,7-8,11,13H,6H2,1-3H3/t11-,13-/m1/s1. The monoisotopic (exact) mass is 243 g/mol. The number of allylic oxidation sites excluding steroid dienone is 1. The fourth-order valence-electron chi connectivity index (χ4n) is 3.34. The highest BCUT2D eigenvalue weighted by Gasteiger charge is 2.59. The van der Waals surface area contributed by atoms with Gasteiger partial charge in [-0.05, 0) is 34.8 Å². The van der Waals surface area contributed by atoms with Gasteiger partial charge in [0, 0.05) is 12.4 Å². The van der Waals surface area contributed by atoms with E-state index in [1.54, 1.807) is 6.20 Å². The van der Waals surface area contributed by atoms with Crippen molar-refractivity contribution in [3.05, 3.63) is 35.2 Å². The van der Waals surface area contributed by atoms with Crippen molar-refractivity contribution in [3.8, 4) is 0 Å². The van der Waals surface area contributed by atoms with Crippen molar-refractivity contribution >= 4 is 12.0 Å². The number of carbonyl (C=O) groups is 1. The number of carbonyl (C=O) groups excluding carboxylic acids is 1. The molecule has 3 rings (SSSR count). The number of pyridine rings is 1. The van der Waals surface area contributed by atoms with Gasteiger partial charge in [-0.3, -0.25) is 4.98 Å². The number of rotatable bonds is 1. The van der Waals surface area contributed by atoms with Crippen LogP contribution in [-0.2, 0) is 4.74 Å². The Labute approximate surface area is 107 Å². The van der Waals surface area contributed by atoms with Gasteiger partial charge >= 0.3 is 5.97 Å². The fraction of sp³-hybridized carbons (Fsp3) is 0.467. The third kappa shape index (κ3) is 1.43. The maximum Gasteiger partial charge on any atom is 0.339 e. The minimum Gasteiger partial charge on any atom is -0.465 e. The molecule has 18 heavy (non-hydrogen) atoms. The molecule has 0 saturated heterocycles. The zero-order chi connectivity index (χ0) is 12.9. The van der Waals surface area contributed by atoms with Crippen LogP contribution in [0.25, 0.3) is 6.08 Å². The summed E-state index contributed by atoms with van der Waals surface area (Å²) in [6.45, 7) is 4.54. The predicted molar refractivity (Wildman–Crippen MR) is 69.2 cm³/mol. The average Bonchev–Trinajstić information content (AvgIpc) is 2.97. The summed E-state index contributed by atoms with van der Waals surface area (Å²) >= 11 is 0. The number of ether oxygens (including phenoxy) is 1. The Bertz CT molecular complexity index is 545. The summed E-state index contributed by atoms with van der Waals surface area (Å²) in [6, 6.07) is 0. The van der Waals surface area contributed by atoms with Gasteiger partial charge in [-0.15, -0.1) is 0 Å². The van der Waals surface area contributed by atoms with E-state index in [-0.39, 0.29) is 11.4 Å². The van der Waals surface area contributed by atoms with Crippen LogP contribution >= 0.6 is 0 Å². The van der Waals surface area contributed by atoms with E-state index in [0.29, 0.717) is 17.4 Å². The molecule has 3 heteroatoms. The van der Waals surface area contributed by atoms with Crippen molar-refractivity contribution in [2.24, 2.45) is 11.3 Å². The minimum absolute atomic E-state index is 0.267. The Kier molecular flexibility index (Phi) is 2.34. The van der Waals surface area contributed by atoms with Crippen molar-refractivity contribution in [1.82, 2.24) is 4.98 Å². The number of nitrogens with zero attached hydrogens (tertiary/aromatic N) is 1. The summed E-state index contributed by atoms with van der Waals surface area (Å²) in [4.78, 5) is 16.0. The van der Waals surface area contributed by atoms with Crippen molar-refractivity contribution in [2.75, 3.05) is 7.11 Å². The quantitative estimate of drug-likeness (QED) is 0.712. The van der Waals surface area contributed by atoms with E-state index in [1.165, 1.54) is 7.11 Å². The zero-order valence-corrected chi connectivity index (χ0v) is 10.9. The summed E-state index contributed by atoms with van der Waals surface area (Å²) < 4.78 is 4.88. The molecule has 0 amide bonds. The van der Waals surface area contributed by atoms with Crippen LogP contribution in [0, 0.1) is 11.3 Å². The highest BCUT2D eigenvalue weighted by Crippen LogP contribution is 2.67. The van der Waals surface area contributed by atoms with Crippen LogP contribution in [0.5, 0.6) is 0 Å². The first-order chi connectivity index (χ1) is 8.57. The Hall–Kier alpha value is -1.64. The molecule has 1 fully saturated rings. The van der Waals surface area contributed by atoms with Crippen LogP contribution in [0.1, 0.15) is 47.7 Å². The highest BCUT2D eigenvalue weighted by atomic mass is 16.5. The molecule has 0 aliphatic heterocycles. The molecule has 0 aromatic carbocycles. The largest absolute Gasteiger partial charge is 0.465 e. The molecular weight excluding hydrogens is 226 g/mol. The molecule has 3 nitrogen and oxygen atoms in total. The molecule has 2 atom stereocenters. The van der Waals surface area contributed by atoms with Gasteiger partial charge in [0.25, 0.3) is 0 Å². The number of aromatic nitrogens is 1. The van der Waals surface area contributed by atoms with Gasteiger partial charge in [0.15, 0.2) is 0 Å². The van der Waals surface area contributed by atoms with Crippen molar-refractivity contribution in [1.29, 1.82) is 0 Å². The molecule has 0 N–H and O–H groups in total. The van der Waals surface area contributed by atoms with Gasteiger partial charge in [-0.25, -0.2) is 4.79 Å². The molecular formula is C15H17NO2. The van der Waals surface area contributed by atoms with Crippen LogP contribution in [0.2, 0.25) is 0 Å². The Morgan fingerprint density at radius 3 is 2.94 bits per heavy atom. The number of methoxy groups -OCH3 is 1. The molecule has 0 spiro atoms. The molecule has 0 radical (unpaired) electrons. The van der Waals surface area contributed by atoms with Gasteiger partial charge in [-0.1, -0.05) is 26.0 Å². The van der Waals surface area contributed by atoms with Gasteiger partial charge in [0.1, 0.15) is 0 Å². The maximum absolute atomic E-state index is 11.9. The summed E-state index contributed by atoms with van der Waals surface area (Å²) in [5.74, 6) is 0.788. The molecule has 2 aliphatic rings. The number of hydrogen-bond donors (Lipinski definition) is 0. The first-order valence-corrected chi connectivity index (χ1v) is 6.30. The Morgan fingerprint density at radius 1 is 1.44 bits per heavy atom. The first-order valence-electron chi connectivity index (χ1n) is 6.30. The second kappa shape index (κ2) is 3.67. The van der Waals surface area contributed by atoms with Crippen LogP contribution in [0.4, 0.5) is 0 Å². The fourth-order valence-corrected chi connectivity index (χ4v) is 3.34. The third-order valence-electron chi connectivity index (χ3n) is 4.47. The molecule has 2 aliphatic carbocycles. The molecule has 94 valence electrons. The van der Waals surface area contributed by atoms with Gasteiger partial charge < -0.3 is 4.74 Å². The molecule has 1 heterocycles. The maximum atomic E-state index is 11.9. The molecule has 1 aromatic heterocycles.